The molecule has 1 heterocycles. The third kappa shape index (κ3) is 2.33. The second kappa shape index (κ2) is 4.80. The van der Waals surface area contributed by atoms with Gasteiger partial charge in [-0.15, -0.1) is 0 Å². The van der Waals surface area contributed by atoms with Crippen molar-refractivity contribution in [3.63, 3.8) is 0 Å². The molecule has 0 aliphatic carbocycles. The summed E-state index contributed by atoms with van der Waals surface area (Å²) in [5.74, 6) is 1.44. The molecule has 1 N–H and O–H groups in total. The lowest BCUT2D eigenvalue weighted by Crippen LogP contribution is -1.95. The van der Waals surface area contributed by atoms with Crippen LogP contribution in [0.3, 0.4) is 0 Å². The first-order chi connectivity index (χ1) is 7.70. The summed E-state index contributed by atoms with van der Waals surface area (Å²) in [7, 11) is 1.82. The van der Waals surface area contributed by atoms with Gasteiger partial charge in [-0.3, -0.25) is 0 Å². The minimum absolute atomic E-state index is 0.649. The number of anilines is 1. The molecule has 3 nitrogen and oxygen atoms in total. The summed E-state index contributed by atoms with van der Waals surface area (Å²) in [4.78, 5) is 8.54. The molecule has 2 aromatic rings. The summed E-state index contributed by atoms with van der Waals surface area (Å²) < 4.78 is 0.864. The van der Waals surface area contributed by atoms with Gasteiger partial charge in [0.05, 0.1) is 5.02 Å². The number of aromatic nitrogens is 2. The van der Waals surface area contributed by atoms with Crippen LogP contribution in [0.2, 0.25) is 5.02 Å². The first-order valence-corrected chi connectivity index (χ1v) is 5.84. The maximum Gasteiger partial charge on any atom is 0.161 e. The molecule has 0 bridgehead atoms. The number of benzene rings is 1. The second-order valence-electron chi connectivity index (χ2n) is 3.14. The molecule has 0 spiro atoms. The Morgan fingerprint density at radius 3 is 2.81 bits per heavy atom. The van der Waals surface area contributed by atoms with Gasteiger partial charge in [0.2, 0.25) is 0 Å². The lowest BCUT2D eigenvalue weighted by Gasteiger charge is -2.04. The van der Waals surface area contributed by atoms with Crippen molar-refractivity contribution in [1.82, 2.24) is 9.97 Å². The van der Waals surface area contributed by atoms with Gasteiger partial charge in [-0.2, -0.15) is 0 Å². The normalized spacial score (nSPS) is 10.2. The van der Waals surface area contributed by atoms with Gasteiger partial charge in [0.1, 0.15) is 5.82 Å². The van der Waals surface area contributed by atoms with Gasteiger partial charge in [-0.1, -0.05) is 11.6 Å². The first kappa shape index (κ1) is 11.4. The molecule has 0 fully saturated rings. The smallest absolute Gasteiger partial charge is 0.161 e. The fourth-order valence-electron chi connectivity index (χ4n) is 1.27. The highest BCUT2D eigenvalue weighted by molar-refractivity contribution is 9.10. The molecule has 0 aliphatic heterocycles. The van der Waals surface area contributed by atoms with Gasteiger partial charge in [-0.25, -0.2) is 9.97 Å². The van der Waals surface area contributed by atoms with Crippen LogP contribution in [0, 0.1) is 0 Å². The number of rotatable bonds is 2. The van der Waals surface area contributed by atoms with Crippen molar-refractivity contribution >= 4 is 33.3 Å². The fourth-order valence-corrected chi connectivity index (χ4v) is 1.70. The van der Waals surface area contributed by atoms with Crippen molar-refractivity contribution < 1.29 is 0 Å². The van der Waals surface area contributed by atoms with Crippen molar-refractivity contribution in [3.05, 3.63) is 40.0 Å². The molecule has 82 valence electrons. The third-order valence-electron chi connectivity index (χ3n) is 2.09. The van der Waals surface area contributed by atoms with Crippen molar-refractivity contribution in [3.8, 4) is 11.4 Å². The molecule has 1 aromatic carbocycles. The predicted octanol–water partition coefficient (Wildman–Crippen LogP) is 3.60. The van der Waals surface area contributed by atoms with E-state index in [1.54, 1.807) is 6.20 Å². The van der Waals surface area contributed by atoms with Crippen molar-refractivity contribution in [2.24, 2.45) is 0 Å². The van der Waals surface area contributed by atoms with Crippen LogP contribution >= 0.6 is 27.5 Å². The highest BCUT2D eigenvalue weighted by Gasteiger charge is 2.04. The van der Waals surface area contributed by atoms with Crippen LogP contribution < -0.4 is 5.32 Å². The fraction of sp³-hybridized carbons (Fsp3) is 0.0909. The van der Waals surface area contributed by atoms with E-state index >= 15 is 0 Å². The van der Waals surface area contributed by atoms with Crippen molar-refractivity contribution in [1.29, 1.82) is 0 Å². The molecule has 0 amide bonds. The van der Waals surface area contributed by atoms with Crippen LogP contribution in [-0.4, -0.2) is 17.0 Å². The topological polar surface area (TPSA) is 37.8 Å². The molecule has 0 radical (unpaired) electrons. The Balaban J connectivity index is 2.46. The van der Waals surface area contributed by atoms with Crippen molar-refractivity contribution in [2.45, 2.75) is 0 Å². The molecule has 0 saturated heterocycles. The Morgan fingerprint density at radius 2 is 2.12 bits per heavy atom. The third-order valence-corrected chi connectivity index (χ3v) is 3.32. The molecule has 0 atom stereocenters. The lowest BCUT2D eigenvalue weighted by molar-refractivity contribution is 1.17. The highest BCUT2D eigenvalue weighted by Crippen LogP contribution is 2.27. The van der Waals surface area contributed by atoms with Crippen LogP contribution in [0.15, 0.2) is 34.9 Å². The van der Waals surface area contributed by atoms with E-state index < -0.39 is 0 Å². The lowest BCUT2D eigenvalue weighted by atomic mass is 10.2. The van der Waals surface area contributed by atoms with Crippen LogP contribution in [0.25, 0.3) is 11.4 Å². The first-order valence-electron chi connectivity index (χ1n) is 4.67. The van der Waals surface area contributed by atoms with Crippen LogP contribution in [-0.2, 0) is 0 Å². The summed E-state index contributed by atoms with van der Waals surface area (Å²) in [6.07, 6.45) is 1.71. The standard InChI is InChI=1S/C11H9BrClN3/c1-14-10-4-5-15-11(16-10)7-2-3-8(12)9(13)6-7/h2-6H,1H3,(H,14,15,16). The van der Waals surface area contributed by atoms with E-state index in [0.717, 1.165) is 15.9 Å². The number of halogens is 2. The maximum atomic E-state index is 6.02. The van der Waals surface area contributed by atoms with Gasteiger partial charge in [-0.05, 0) is 40.2 Å². The van der Waals surface area contributed by atoms with Gasteiger partial charge >= 0.3 is 0 Å². The molecule has 0 saturated carbocycles. The number of hydrogen-bond donors (Lipinski definition) is 1. The van der Waals surface area contributed by atoms with Gasteiger partial charge in [0, 0.05) is 23.3 Å². The Kier molecular flexibility index (Phi) is 3.41. The van der Waals surface area contributed by atoms with Crippen LogP contribution in [0.5, 0.6) is 0 Å². The number of hydrogen-bond acceptors (Lipinski definition) is 3. The van der Waals surface area contributed by atoms with E-state index in [4.69, 9.17) is 11.6 Å². The Hall–Kier alpha value is -1.13. The zero-order valence-corrected chi connectivity index (χ0v) is 10.9. The zero-order chi connectivity index (χ0) is 11.5. The van der Waals surface area contributed by atoms with E-state index in [0.29, 0.717) is 10.8 Å². The van der Waals surface area contributed by atoms with E-state index in [1.807, 2.05) is 31.3 Å². The summed E-state index contributed by atoms with van der Waals surface area (Å²) in [6.45, 7) is 0. The maximum absolute atomic E-state index is 6.02. The van der Waals surface area contributed by atoms with E-state index in [-0.39, 0.29) is 0 Å². The van der Waals surface area contributed by atoms with Gasteiger partial charge < -0.3 is 5.32 Å². The quantitative estimate of drug-likeness (QED) is 0.920. The SMILES string of the molecule is CNc1ccnc(-c2ccc(Br)c(Cl)c2)n1. The van der Waals surface area contributed by atoms with Crippen LogP contribution in [0.1, 0.15) is 0 Å². The highest BCUT2D eigenvalue weighted by atomic mass is 79.9. The van der Waals surface area contributed by atoms with E-state index in [9.17, 15) is 0 Å². The molecule has 16 heavy (non-hydrogen) atoms. The van der Waals surface area contributed by atoms with E-state index in [2.05, 4.69) is 31.2 Å². The molecule has 0 unspecified atom stereocenters. The predicted molar refractivity (Wildman–Crippen MR) is 69.7 cm³/mol. The largest absolute Gasteiger partial charge is 0.373 e. The number of nitrogens with one attached hydrogen (secondary N) is 1. The molecule has 5 heteroatoms. The molecule has 2 rings (SSSR count). The Morgan fingerprint density at radius 1 is 1.31 bits per heavy atom. The average molecular weight is 299 g/mol. The molecule has 1 aromatic heterocycles. The monoisotopic (exact) mass is 297 g/mol. The Labute approximate surface area is 107 Å². The van der Waals surface area contributed by atoms with Crippen LogP contribution in [0.4, 0.5) is 5.82 Å². The summed E-state index contributed by atoms with van der Waals surface area (Å²) >= 11 is 9.36. The Bertz CT molecular complexity index is 516. The van der Waals surface area contributed by atoms with Crippen molar-refractivity contribution in [2.75, 3.05) is 12.4 Å². The minimum atomic E-state index is 0.649. The molecule has 0 aliphatic rings. The minimum Gasteiger partial charge on any atom is -0.373 e. The summed E-state index contributed by atoms with van der Waals surface area (Å²) in [5, 5.41) is 3.62. The molecular formula is C11H9BrClN3. The van der Waals surface area contributed by atoms with Gasteiger partial charge in [0.25, 0.3) is 0 Å². The van der Waals surface area contributed by atoms with E-state index in [1.165, 1.54) is 0 Å². The zero-order valence-electron chi connectivity index (χ0n) is 8.54. The summed E-state index contributed by atoms with van der Waals surface area (Å²) in [5.41, 5.74) is 0.894. The average Bonchev–Trinajstić information content (AvgIpc) is 2.33. The molecular weight excluding hydrogens is 289 g/mol. The summed E-state index contributed by atoms with van der Waals surface area (Å²) in [6, 6.07) is 7.45. The van der Waals surface area contributed by atoms with Gasteiger partial charge in [0.15, 0.2) is 5.82 Å². The number of nitrogens with zero attached hydrogens (tertiary/aromatic N) is 2. The second-order valence-corrected chi connectivity index (χ2v) is 4.41.